The van der Waals surface area contributed by atoms with E-state index in [4.69, 9.17) is 0 Å². The predicted octanol–water partition coefficient (Wildman–Crippen LogP) is 5.96. The molecule has 0 bridgehead atoms. The van der Waals surface area contributed by atoms with Crippen molar-refractivity contribution in [3.63, 3.8) is 0 Å². The number of nitro groups is 1. The SMILES string of the molecule is CP(C)(=O)c1ccccc1Nc1nc(Nc2cc([N+](=O)[O-])c(F)cc2OCC(F)(F)F)ncc1Br. The zero-order chi connectivity index (χ0) is 26.0. The highest BCUT2D eigenvalue weighted by atomic mass is 79.9. The van der Waals surface area contributed by atoms with E-state index >= 15 is 0 Å². The maximum atomic E-state index is 14.0. The Bertz CT molecular complexity index is 1320. The van der Waals surface area contributed by atoms with Gasteiger partial charge in [0, 0.05) is 23.6 Å². The van der Waals surface area contributed by atoms with Crippen LogP contribution < -0.4 is 20.7 Å². The number of nitrogens with zero attached hydrogens (tertiary/aromatic N) is 3. The standard InChI is InChI=1S/C20H17BrF4N5O4P/c1-35(2,33)17-6-4-3-5-13(17)27-18-11(21)9-26-19(29-18)28-14-8-15(30(31)32)12(22)7-16(14)34-10-20(23,24)25/h3-9H,10H2,1-2H3,(H2,26,27,28,29). The molecule has 1 heterocycles. The highest BCUT2D eigenvalue weighted by Gasteiger charge is 2.30. The zero-order valence-corrected chi connectivity index (χ0v) is 20.5. The van der Waals surface area contributed by atoms with Crippen LogP contribution in [0.15, 0.2) is 47.1 Å². The lowest BCUT2D eigenvalue weighted by molar-refractivity contribution is -0.387. The second kappa shape index (κ2) is 10.2. The minimum Gasteiger partial charge on any atom is -0.482 e. The molecule has 3 aromatic rings. The van der Waals surface area contributed by atoms with Gasteiger partial charge in [-0.05, 0) is 41.4 Å². The van der Waals surface area contributed by atoms with Crippen LogP contribution in [0.2, 0.25) is 0 Å². The molecule has 0 saturated carbocycles. The molecule has 0 aliphatic carbocycles. The number of alkyl halides is 3. The topological polar surface area (TPSA) is 119 Å². The number of rotatable bonds is 8. The van der Waals surface area contributed by atoms with Crippen molar-refractivity contribution in [3.05, 3.63) is 63.0 Å². The van der Waals surface area contributed by atoms with Gasteiger partial charge in [0.2, 0.25) is 11.8 Å². The van der Waals surface area contributed by atoms with Gasteiger partial charge in [-0.3, -0.25) is 10.1 Å². The summed E-state index contributed by atoms with van der Waals surface area (Å²) < 4.78 is 69.5. The molecule has 35 heavy (non-hydrogen) atoms. The number of hydrogen-bond donors (Lipinski definition) is 2. The van der Waals surface area contributed by atoms with E-state index in [2.05, 4.69) is 41.3 Å². The smallest absolute Gasteiger partial charge is 0.422 e. The van der Waals surface area contributed by atoms with E-state index in [0.717, 1.165) is 0 Å². The van der Waals surface area contributed by atoms with Crippen molar-refractivity contribution in [1.82, 2.24) is 9.97 Å². The van der Waals surface area contributed by atoms with Crippen molar-refractivity contribution in [1.29, 1.82) is 0 Å². The van der Waals surface area contributed by atoms with Crippen molar-refractivity contribution in [2.24, 2.45) is 0 Å². The van der Waals surface area contributed by atoms with Gasteiger partial charge in [0.25, 0.3) is 0 Å². The van der Waals surface area contributed by atoms with Gasteiger partial charge in [-0.25, -0.2) is 4.98 Å². The predicted molar refractivity (Wildman–Crippen MR) is 126 cm³/mol. The van der Waals surface area contributed by atoms with Gasteiger partial charge in [0.15, 0.2) is 6.61 Å². The number of benzene rings is 2. The summed E-state index contributed by atoms with van der Waals surface area (Å²) in [5.41, 5.74) is -0.849. The van der Waals surface area contributed by atoms with Gasteiger partial charge < -0.3 is 19.9 Å². The molecule has 0 radical (unpaired) electrons. The van der Waals surface area contributed by atoms with E-state index in [9.17, 15) is 32.2 Å². The van der Waals surface area contributed by atoms with Crippen molar-refractivity contribution >= 4 is 57.2 Å². The molecule has 0 aliphatic heterocycles. The lowest BCUT2D eigenvalue weighted by Crippen LogP contribution is -2.19. The fourth-order valence-electron chi connectivity index (χ4n) is 2.87. The lowest BCUT2D eigenvalue weighted by atomic mass is 10.2. The molecular weight excluding hydrogens is 561 g/mol. The van der Waals surface area contributed by atoms with Crippen LogP contribution in [-0.2, 0) is 4.57 Å². The van der Waals surface area contributed by atoms with Crippen LogP contribution in [0.1, 0.15) is 0 Å². The third-order valence-corrected chi connectivity index (χ3v) is 6.50. The summed E-state index contributed by atoms with van der Waals surface area (Å²) in [4.78, 5) is 18.3. The molecule has 0 saturated heterocycles. The van der Waals surface area contributed by atoms with Crippen LogP contribution >= 0.6 is 23.1 Å². The maximum Gasteiger partial charge on any atom is 0.422 e. The zero-order valence-electron chi connectivity index (χ0n) is 18.1. The molecular formula is C20H17BrF4N5O4P. The number of ether oxygens (including phenoxy) is 1. The van der Waals surface area contributed by atoms with Gasteiger partial charge in [-0.2, -0.15) is 22.5 Å². The first-order valence-electron chi connectivity index (χ1n) is 9.63. The molecule has 1 aromatic heterocycles. The molecule has 0 aliphatic rings. The molecule has 2 aromatic carbocycles. The molecule has 2 N–H and O–H groups in total. The molecule has 0 fully saturated rings. The molecule has 0 atom stereocenters. The Hall–Kier alpha value is -3.25. The van der Waals surface area contributed by atoms with Crippen molar-refractivity contribution in [2.45, 2.75) is 6.18 Å². The van der Waals surface area contributed by atoms with Gasteiger partial charge in [0.1, 0.15) is 18.7 Å². The van der Waals surface area contributed by atoms with E-state index in [1.54, 1.807) is 37.6 Å². The average molecular weight is 578 g/mol. The van der Waals surface area contributed by atoms with Crippen molar-refractivity contribution in [3.8, 4) is 5.75 Å². The third kappa shape index (κ3) is 6.89. The van der Waals surface area contributed by atoms with Crippen LogP contribution in [0.4, 0.5) is 46.4 Å². The van der Waals surface area contributed by atoms with E-state index in [1.165, 1.54) is 6.20 Å². The lowest BCUT2D eigenvalue weighted by Gasteiger charge is -2.17. The Morgan fingerprint density at radius 1 is 1.17 bits per heavy atom. The van der Waals surface area contributed by atoms with Crippen LogP contribution in [-0.4, -0.2) is 41.0 Å². The molecule has 15 heteroatoms. The van der Waals surface area contributed by atoms with Crippen LogP contribution in [0.25, 0.3) is 0 Å². The number of para-hydroxylation sites is 1. The maximum absolute atomic E-state index is 14.0. The van der Waals surface area contributed by atoms with E-state index in [0.29, 0.717) is 27.6 Å². The summed E-state index contributed by atoms with van der Waals surface area (Å²) in [5.74, 6) is -2.01. The Labute approximate surface area is 204 Å². The first-order valence-corrected chi connectivity index (χ1v) is 13.0. The quantitative estimate of drug-likeness (QED) is 0.146. The minimum absolute atomic E-state index is 0.192. The fraction of sp³-hybridized carbons (Fsp3) is 0.200. The number of nitro benzene ring substituents is 1. The summed E-state index contributed by atoms with van der Waals surface area (Å²) in [6, 6.07) is 7.98. The number of hydrogen-bond acceptors (Lipinski definition) is 8. The number of anilines is 4. The Morgan fingerprint density at radius 2 is 1.86 bits per heavy atom. The van der Waals surface area contributed by atoms with Crippen LogP contribution in [0.5, 0.6) is 5.75 Å². The second-order valence-electron chi connectivity index (χ2n) is 7.47. The molecule has 0 amide bonds. The Kier molecular flexibility index (Phi) is 7.65. The monoisotopic (exact) mass is 577 g/mol. The Morgan fingerprint density at radius 3 is 2.49 bits per heavy atom. The molecule has 0 unspecified atom stereocenters. The number of nitrogens with one attached hydrogen (secondary N) is 2. The summed E-state index contributed by atoms with van der Waals surface area (Å²) in [6.45, 7) is 1.44. The van der Waals surface area contributed by atoms with Gasteiger partial charge in [-0.15, -0.1) is 0 Å². The average Bonchev–Trinajstić information content (AvgIpc) is 2.74. The van der Waals surface area contributed by atoms with Gasteiger partial charge >= 0.3 is 11.9 Å². The largest absolute Gasteiger partial charge is 0.482 e. The normalized spacial score (nSPS) is 11.7. The highest BCUT2D eigenvalue weighted by molar-refractivity contribution is 9.10. The third-order valence-electron chi connectivity index (χ3n) is 4.36. The highest BCUT2D eigenvalue weighted by Crippen LogP contribution is 2.39. The molecule has 186 valence electrons. The van der Waals surface area contributed by atoms with Gasteiger partial charge in [0.05, 0.1) is 20.8 Å². The van der Waals surface area contributed by atoms with Crippen molar-refractivity contribution < 1.29 is 31.8 Å². The minimum atomic E-state index is -4.73. The van der Waals surface area contributed by atoms with Crippen LogP contribution in [0, 0.1) is 15.9 Å². The number of aromatic nitrogens is 2. The summed E-state index contributed by atoms with van der Waals surface area (Å²) in [7, 11) is -2.67. The van der Waals surface area contributed by atoms with E-state index in [1.807, 2.05) is 0 Å². The molecule has 0 spiro atoms. The molecule has 9 nitrogen and oxygen atoms in total. The second-order valence-corrected chi connectivity index (χ2v) is 11.5. The van der Waals surface area contributed by atoms with E-state index in [-0.39, 0.29) is 17.5 Å². The summed E-state index contributed by atoms with van der Waals surface area (Å²) in [5, 5.41) is 17.2. The van der Waals surface area contributed by atoms with Gasteiger partial charge in [-0.1, -0.05) is 12.1 Å². The first kappa shape index (κ1) is 26.4. The fourth-order valence-corrected chi connectivity index (χ4v) is 4.32. The van der Waals surface area contributed by atoms with Crippen molar-refractivity contribution in [2.75, 3.05) is 30.6 Å². The van der Waals surface area contributed by atoms with E-state index < -0.39 is 42.1 Å². The summed E-state index contributed by atoms with van der Waals surface area (Å²) in [6.07, 6.45) is -3.42. The number of halogens is 5. The molecule has 3 rings (SSSR count). The first-order chi connectivity index (χ1) is 16.2. The summed E-state index contributed by atoms with van der Waals surface area (Å²) >= 11 is 3.28. The van der Waals surface area contributed by atoms with Crippen LogP contribution in [0.3, 0.4) is 0 Å². The Balaban J connectivity index is 1.98.